The Kier molecular flexibility index (Phi) is 5.09. The molecular weight excluding hydrogens is 346 g/mol. The van der Waals surface area contributed by atoms with Crippen molar-refractivity contribution in [2.24, 2.45) is 0 Å². The van der Waals surface area contributed by atoms with Gasteiger partial charge in [-0.2, -0.15) is 0 Å². The fraction of sp³-hybridized carbons (Fsp3) is 0.381. The van der Waals surface area contributed by atoms with E-state index in [2.05, 4.69) is 31.2 Å². The second-order valence-electron chi connectivity index (χ2n) is 6.75. The van der Waals surface area contributed by atoms with Crippen molar-refractivity contribution in [3.05, 3.63) is 48.5 Å². The number of para-hydroxylation sites is 2. The SMILES string of the molecule is CC(SC1CCCCC1)C(=O)N1c2ccccc2Sc2ccccc21. The summed E-state index contributed by atoms with van der Waals surface area (Å²) >= 11 is 3.62. The molecule has 0 aromatic heterocycles. The Balaban J connectivity index is 1.63. The molecule has 0 N–H and O–H groups in total. The zero-order valence-electron chi connectivity index (χ0n) is 14.5. The lowest BCUT2D eigenvalue weighted by Crippen LogP contribution is -2.35. The van der Waals surface area contributed by atoms with E-state index < -0.39 is 0 Å². The van der Waals surface area contributed by atoms with Gasteiger partial charge < -0.3 is 0 Å². The van der Waals surface area contributed by atoms with E-state index in [1.54, 1.807) is 11.8 Å². The molecule has 2 nitrogen and oxygen atoms in total. The van der Waals surface area contributed by atoms with Gasteiger partial charge in [-0.25, -0.2) is 0 Å². The van der Waals surface area contributed by atoms with Crippen LogP contribution in [0, 0.1) is 0 Å². The Hall–Kier alpha value is -1.39. The topological polar surface area (TPSA) is 20.3 Å². The van der Waals surface area contributed by atoms with Crippen molar-refractivity contribution in [1.82, 2.24) is 0 Å². The number of benzene rings is 2. The molecular formula is C21H23NOS2. The summed E-state index contributed by atoms with van der Waals surface area (Å²) in [6, 6.07) is 16.5. The first-order chi connectivity index (χ1) is 12.2. The molecule has 1 amide bonds. The summed E-state index contributed by atoms with van der Waals surface area (Å²) in [7, 11) is 0. The Morgan fingerprint density at radius 3 is 2.16 bits per heavy atom. The fourth-order valence-corrected chi connectivity index (χ4v) is 6.13. The highest BCUT2D eigenvalue weighted by Gasteiger charge is 2.32. The summed E-state index contributed by atoms with van der Waals surface area (Å²) in [6.07, 6.45) is 6.48. The maximum absolute atomic E-state index is 13.4. The van der Waals surface area contributed by atoms with Crippen molar-refractivity contribution in [2.75, 3.05) is 4.90 Å². The first kappa shape index (κ1) is 17.0. The number of fused-ring (bicyclic) bond motifs is 2. The molecule has 25 heavy (non-hydrogen) atoms. The van der Waals surface area contributed by atoms with Crippen molar-refractivity contribution in [3.8, 4) is 0 Å². The van der Waals surface area contributed by atoms with Gasteiger partial charge in [0.15, 0.2) is 0 Å². The molecule has 4 rings (SSSR count). The minimum absolute atomic E-state index is 0.0210. The number of thioether (sulfide) groups is 1. The summed E-state index contributed by atoms with van der Waals surface area (Å²) in [5.41, 5.74) is 2.04. The van der Waals surface area contributed by atoms with E-state index in [0.29, 0.717) is 5.25 Å². The number of nitrogens with zero attached hydrogens (tertiary/aromatic N) is 1. The van der Waals surface area contributed by atoms with E-state index in [1.807, 2.05) is 40.9 Å². The smallest absolute Gasteiger partial charge is 0.244 e. The fourth-order valence-electron chi connectivity index (χ4n) is 3.67. The van der Waals surface area contributed by atoms with E-state index in [9.17, 15) is 4.79 Å². The highest BCUT2D eigenvalue weighted by Crippen LogP contribution is 2.48. The standard InChI is InChI=1S/C21H23NOS2/c1-15(24-16-9-3-2-4-10-16)21(23)22-17-11-5-7-13-19(17)25-20-14-8-6-12-18(20)22/h5-8,11-16H,2-4,9-10H2,1H3. The molecule has 0 radical (unpaired) electrons. The van der Waals surface area contributed by atoms with Crippen LogP contribution < -0.4 is 4.90 Å². The molecule has 4 heteroatoms. The third-order valence-electron chi connectivity index (χ3n) is 4.95. The normalized spacial score (nSPS) is 18.4. The van der Waals surface area contributed by atoms with Gasteiger partial charge in [-0.1, -0.05) is 55.3 Å². The number of anilines is 2. The van der Waals surface area contributed by atoms with Crippen molar-refractivity contribution in [1.29, 1.82) is 0 Å². The lowest BCUT2D eigenvalue weighted by molar-refractivity contribution is -0.117. The average Bonchev–Trinajstić information content (AvgIpc) is 2.66. The first-order valence-electron chi connectivity index (χ1n) is 9.09. The minimum Gasteiger partial charge on any atom is -0.278 e. The van der Waals surface area contributed by atoms with Crippen LogP contribution in [0.15, 0.2) is 58.3 Å². The van der Waals surface area contributed by atoms with E-state index >= 15 is 0 Å². The van der Waals surface area contributed by atoms with Crippen LogP contribution in [0.25, 0.3) is 0 Å². The van der Waals surface area contributed by atoms with Crippen LogP contribution in [0.3, 0.4) is 0 Å². The van der Waals surface area contributed by atoms with Crippen LogP contribution in [-0.2, 0) is 4.79 Å². The van der Waals surface area contributed by atoms with Gasteiger partial charge in [0.2, 0.25) is 5.91 Å². The van der Waals surface area contributed by atoms with Crippen molar-refractivity contribution >= 4 is 40.8 Å². The quantitative estimate of drug-likeness (QED) is 0.636. The molecule has 0 bridgehead atoms. The van der Waals surface area contributed by atoms with Crippen LogP contribution in [0.1, 0.15) is 39.0 Å². The molecule has 0 saturated heterocycles. The zero-order chi connectivity index (χ0) is 17.2. The monoisotopic (exact) mass is 369 g/mol. The van der Waals surface area contributed by atoms with Gasteiger partial charge in [-0.05, 0) is 44.0 Å². The van der Waals surface area contributed by atoms with Gasteiger partial charge in [0.05, 0.1) is 16.6 Å². The van der Waals surface area contributed by atoms with Crippen LogP contribution in [0.5, 0.6) is 0 Å². The maximum atomic E-state index is 13.4. The lowest BCUT2D eigenvalue weighted by Gasteiger charge is -2.33. The van der Waals surface area contributed by atoms with Gasteiger partial charge in [0.25, 0.3) is 0 Å². The molecule has 1 fully saturated rings. The number of carbonyl (C=O) groups is 1. The molecule has 0 spiro atoms. The number of amides is 1. The summed E-state index contributed by atoms with van der Waals surface area (Å²) in [6.45, 7) is 2.08. The summed E-state index contributed by atoms with van der Waals surface area (Å²) in [5.74, 6) is 0.204. The second-order valence-corrected chi connectivity index (χ2v) is 9.48. The first-order valence-corrected chi connectivity index (χ1v) is 10.9. The molecule has 1 aliphatic carbocycles. The van der Waals surface area contributed by atoms with Gasteiger partial charge in [-0.3, -0.25) is 9.69 Å². The third-order valence-corrected chi connectivity index (χ3v) is 7.55. The average molecular weight is 370 g/mol. The number of hydrogen-bond donors (Lipinski definition) is 0. The molecule has 2 aliphatic rings. The Morgan fingerprint density at radius 2 is 1.56 bits per heavy atom. The summed E-state index contributed by atoms with van der Waals surface area (Å²) in [4.78, 5) is 17.7. The molecule has 2 aromatic rings. The largest absolute Gasteiger partial charge is 0.278 e. The van der Waals surface area contributed by atoms with Gasteiger partial charge in [0, 0.05) is 15.0 Å². The second kappa shape index (κ2) is 7.46. The highest BCUT2D eigenvalue weighted by atomic mass is 32.2. The molecule has 2 aromatic carbocycles. The van der Waals surface area contributed by atoms with Crippen LogP contribution >= 0.6 is 23.5 Å². The predicted molar refractivity (Wildman–Crippen MR) is 108 cm³/mol. The number of hydrogen-bond acceptors (Lipinski definition) is 3. The minimum atomic E-state index is -0.0210. The molecule has 1 heterocycles. The van der Waals surface area contributed by atoms with Gasteiger partial charge >= 0.3 is 0 Å². The number of carbonyl (C=O) groups excluding carboxylic acids is 1. The van der Waals surface area contributed by atoms with Crippen LogP contribution in [0.4, 0.5) is 11.4 Å². The van der Waals surface area contributed by atoms with E-state index in [0.717, 1.165) is 21.2 Å². The van der Waals surface area contributed by atoms with E-state index in [-0.39, 0.29) is 11.2 Å². The molecule has 1 saturated carbocycles. The van der Waals surface area contributed by atoms with E-state index in [4.69, 9.17) is 0 Å². The molecule has 1 unspecified atom stereocenters. The number of rotatable bonds is 3. The lowest BCUT2D eigenvalue weighted by atomic mass is 10.0. The predicted octanol–water partition coefficient (Wildman–Crippen LogP) is 6.27. The highest BCUT2D eigenvalue weighted by molar-refractivity contribution is 8.01. The van der Waals surface area contributed by atoms with Crippen LogP contribution in [0.2, 0.25) is 0 Å². The summed E-state index contributed by atoms with van der Waals surface area (Å²) < 4.78 is 0. The van der Waals surface area contributed by atoms with Crippen molar-refractivity contribution in [2.45, 2.75) is 59.3 Å². The summed E-state index contributed by atoms with van der Waals surface area (Å²) in [5, 5.41) is 0.615. The van der Waals surface area contributed by atoms with E-state index in [1.165, 1.54) is 32.1 Å². The Morgan fingerprint density at radius 1 is 1.00 bits per heavy atom. The Bertz CT molecular complexity index is 724. The Labute approximate surface area is 158 Å². The third kappa shape index (κ3) is 3.47. The van der Waals surface area contributed by atoms with Gasteiger partial charge in [0.1, 0.15) is 0 Å². The van der Waals surface area contributed by atoms with Crippen molar-refractivity contribution in [3.63, 3.8) is 0 Å². The maximum Gasteiger partial charge on any atom is 0.244 e. The zero-order valence-corrected chi connectivity index (χ0v) is 16.1. The van der Waals surface area contributed by atoms with Crippen LogP contribution in [-0.4, -0.2) is 16.4 Å². The van der Waals surface area contributed by atoms with Crippen molar-refractivity contribution < 1.29 is 4.79 Å². The molecule has 1 aliphatic heterocycles. The molecule has 1 atom stereocenters. The molecule has 130 valence electrons. The van der Waals surface area contributed by atoms with Gasteiger partial charge in [-0.15, -0.1) is 11.8 Å².